The fourth-order valence-electron chi connectivity index (χ4n) is 4.07. The number of amides is 1. The number of rotatable bonds is 4. The lowest BCUT2D eigenvalue weighted by Gasteiger charge is -2.31. The number of piperidine rings is 1. The van der Waals surface area contributed by atoms with Crippen LogP contribution in [-0.2, 0) is 24.4 Å². The Morgan fingerprint density at radius 1 is 1.11 bits per heavy atom. The maximum Gasteiger partial charge on any atom is 0.347 e. The number of para-hydroxylation sites is 1. The molecule has 0 aliphatic carbocycles. The van der Waals surface area contributed by atoms with E-state index in [2.05, 4.69) is 15.3 Å². The van der Waals surface area contributed by atoms with Crippen molar-refractivity contribution < 1.29 is 4.79 Å². The molecule has 1 fully saturated rings. The Bertz CT molecular complexity index is 842. The molecular weight excluding hydrogens is 342 g/mol. The van der Waals surface area contributed by atoms with E-state index >= 15 is 0 Å². The Kier molecular flexibility index (Phi) is 5.38. The van der Waals surface area contributed by atoms with Crippen molar-refractivity contribution in [2.24, 2.45) is 5.92 Å². The number of carbonyl (C=O) groups excluding carboxylic acids is 1. The van der Waals surface area contributed by atoms with Crippen molar-refractivity contribution in [3.05, 3.63) is 46.6 Å². The highest BCUT2D eigenvalue weighted by molar-refractivity contribution is 5.92. The van der Waals surface area contributed by atoms with Crippen LogP contribution in [0.4, 0.5) is 5.69 Å². The number of hydrogen-bond donors (Lipinski definition) is 1. The predicted molar refractivity (Wildman–Crippen MR) is 103 cm³/mol. The molecule has 2 aliphatic rings. The predicted octanol–water partition coefficient (Wildman–Crippen LogP) is 2.08. The van der Waals surface area contributed by atoms with Gasteiger partial charge >= 0.3 is 5.69 Å². The second-order valence-corrected chi connectivity index (χ2v) is 7.57. The molecule has 0 spiro atoms. The van der Waals surface area contributed by atoms with Crippen molar-refractivity contribution >= 4 is 11.6 Å². The smallest absolute Gasteiger partial charge is 0.326 e. The normalized spacial score (nSPS) is 20.7. The molecule has 3 heterocycles. The quantitative estimate of drug-likeness (QED) is 0.896. The molecule has 7 heteroatoms. The minimum Gasteiger partial charge on any atom is -0.326 e. The molecular formula is C20H27N5O2. The van der Waals surface area contributed by atoms with Gasteiger partial charge in [-0.2, -0.15) is 9.78 Å². The van der Waals surface area contributed by atoms with Gasteiger partial charge in [-0.05, 0) is 44.4 Å². The van der Waals surface area contributed by atoms with Gasteiger partial charge in [-0.3, -0.25) is 14.3 Å². The summed E-state index contributed by atoms with van der Waals surface area (Å²) in [6.45, 7) is 2.79. The SMILES string of the molecule is O=C(Nc1ccccc1)C1CCCN(Cn2nc3n(c2=O)CCCCC3)C1. The van der Waals surface area contributed by atoms with Crippen molar-refractivity contribution in [3.8, 4) is 0 Å². The summed E-state index contributed by atoms with van der Waals surface area (Å²) in [6.07, 6.45) is 6.02. The van der Waals surface area contributed by atoms with Gasteiger partial charge in [-0.15, -0.1) is 0 Å². The van der Waals surface area contributed by atoms with E-state index in [1.54, 1.807) is 4.68 Å². The maximum absolute atomic E-state index is 12.7. The Morgan fingerprint density at radius 3 is 2.81 bits per heavy atom. The summed E-state index contributed by atoms with van der Waals surface area (Å²) in [7, 11) is 0. The molecule has 2 aliphatic heterocycles. The Labute approximate surface area is 159 Å². The fourth-order valence-corrected chi connectivity index (χ4v) is 4.07. The lowest BCUT2D eigenvalue weighted by atomic mass is 9.97. The van der Waals surface area contributed by atoms with Crippen LogP contribution in [0.3, 0.4) is 0 Å². The van der Waals surface area contributed by atoms with E-state index in [-0.39, 0.29) is 17.5 Å². The van der Waals surface area contributed by atoms with Crippen molar-refractivity contribution in [1.29, 1.82) is 0 Å². The third-order valence-electron chi connectivity index (χ3n) is 5.53. The third kappa shape index (κ3) is 4.13. The summed E-state index contributed by atoms with van der Waals surface area (Å²) < 4.78 is 3.41. The number of nitrogens with one attached hydrogen (secondary N) is 1. The summed E-state index contributed by atoms with van der Waals surface area (Å²) in [4.78, 5) is 27.4. The summed E-state index contributed by atoms with van der Waals surface area (Å²) >= 11 is 0. The van der Waals surface area contributed by atoms with Gasteiger partial charge in [0.25, 0.3) is 0 Å². The van der Waals surface area contributed by atoms with Gasteiger partial charge in [-0.1, -0.05) is 24.6 Å². The number of anilines is 1. The number of aryl methyl sites for hydroxylation is 1. The van der Waals surface area contributed by atoms with E-state index in [1.807, 2.05) is 34.9 Å². The van der Waals surface area contributed by atoms with E-state index in [0.717, 1.165) is 63.1 Å². The van der Waals surface area contributed by atoms with E-state index in [1.165, 1.54) is 0 Å². The van der Waals surface area contributed by atoms with Crippen molar-refractivity contribution in [3.63, 3.8) is 0 Å². The molecule has 27 heavy (non-hydrogen) atoms. The monoisotopic (exact) mass is 369 g/mol. The summed E-state index contributed by atoms with van der Waals surface area (Å²) in [6, 6.07) is 9.56. The van der Waals surface area contributed by atoms with Crippen molar-refractivity contribution in [1.82, 2.24) is 19.2 Å². The average molecular weight is 369 g/mol. The van der Waals surface area contributed by atoms with Crippen LogP contribution in [0.25, 0.3) is 0 Å². The molecule has 0 radical (unpaired) electrons. The Morgan fingerprint density at radius 2 is 1.96 bits per heavy atom. The molecule has 7 nitrogen and oxygen atoms in total. The number of aromatic nitrogens is 3. The molecule has 1 N–H and O–H groups in total. The number of likely N-dealkylation sites (tertiary alicyclic amines) is 1. The number of fused-ring (bicyclic) bond motifs is 1. The first-order chi connectivity index (χ1) is 13.2. The molecule has 1 amide bonds. The number of benzene rings is 1. The molecule has 144 valence electrons. The molecule has 4 rings (SSSR count). The van der Waals surface area contributed by atoms with Crippen molar-refractivity contribution in [2.45, 2.75) is 51.7 Å². The molecule has 1 atom stereocenters. The van der Waals surface area contributed by atoms with E-state index in [9.17, 15) is 9.59 Å². The molecule has 1 unspecified atom stereocenters. The lowest BCUT2D eigenvalue weighted by Crippen LogP contribution is -2.43. The minimum atomic E-state index is -0.0601. The molecule has 0 bridgehead atoms. The third-order valence-corrected chi connectivity index (χ3v) is 5.53. The molecule has 1 saturated heterocycles. The van der Waals surface area contributed by atoms with Gasteiger partial charge in [0.05, 0.1) is 12.6 Å². The lowest BCUT2D eigenvalue weighted by molar-refractivity contribution is -0.121. The van der Waals surface area contributed by atoms with Gasteiger partial charge < -0.3 is 5.32 Å². The van der Waals surface area contributed by atoms with Crippen LogP contribution in [-0.4, -0.2) is 38.2 Å². The minimum absolute atomic E-state index is 0.0113. The summed E-state index contributed by atoms with van der Waals surface area (Å²) in [5, 5.41) is 7.57. The molecule has 1 aromatic carbocycles. The zero-order chi connectivity index (χ0) is 18.6. The Hall–Kier alpha value is -2.41. The van der Waals surface area contributed by atoms with Gasteiger partial charge in [0, 0.05) is 25.2 Å². The Balaban J connectivity index is 1.40. The van der Waals surface area contributed by atoms with Crippen LogP contribution in [0.5, 0.6) is 0 Å². The number of nitrogens with zero attached hydrogens (tertiary/aromatic N) is 4. The first-order valence-corrected chi connectivity index (χ1v) is 9.95. The van der Waals surface area contributed by atoms with Crippen LogP contribution in [0.1, 0.15) is 37.9 Å². The summed E-state index contributed by atoms with van der Waals surface area (Å²) in [5.41, 5.74) is 0.816. The van der Waals surface area contributed by atoms with Crippen LogP contribution in [0.2, 0.25) is 0 Å². The molecule has 1 aromatic heterocycles. The highest BCUT2D eigenvalue weighted by atomic mass is 16.2. The van der Waals surface area contributed by atoms with Crippen LogP contribution < -0.4 is 11.0 Å². The first-order valence-electron chi connectivity index (χ1n) is 9.95. The zero-order valence-corrected chi connectivity index (χ0v) is 15.6. The van der Waals surface area contributed by atoms with Gasteiger partial charge in [-0.25, -0.2) is 4.79 Å². The van der Waals surface area contributed by atoms with E-state index in [0.29, 0.717) is 13.2 Å². The number of carbonyl (C=O) groups is 1. The molecule has 2 aromatic rings. The summed E-state index contributed by atoms with van der Waals surface area (Å²) in [5.74, 6) is 0.904. The fraction of sp³-hybridized carbons (Fsp3) is 0.550. The van der Waals surface area contributed by atoms with Gasteiger partial charge in [0.1, 0.15) is 5.82 Å². The second kappa shape index (κ2) is 8.08. The van der Waals surface area contributed by atoms with Gasteiger partial charge in [0.2, 0.25) is 5.91 Å². The maximum atomic E-state index is 12.7. The average Bonchev–Trinajstić information content (AvgIpc) is 2.85. The zero-order valence-electron chi connectivity index (χ0n) is 15.6. The van der Waals surface area contributed by atoms with Crippen LogP contribution in [0, 0.1) is 5.92 Å². The molecule has 0 saturated carbocycles. The first kappa shape index (κ1) is 18.0. The van der Waals surface area contributed by atoms with Gasteiger partial charge in [0.15, 0.2) is 0 Å². The highest BCUT2D eigenvalue weighted by Crippen LogP contribution is 2.19. The van der Waals surface area contributed by atoms with E-state index < -0.39 is 0 Å². The second-order valence-electron chi connectivity index (χ2n) is 7.57. The van der Waals surface area contributed by atoms with E-state index in [4.69, 9.17) is 0 Å². The van der Waals surface area contributed by atoms with Crippen molar-refractivity contribution in [2.75, 3.05) is 18.4 Å². The van der Waals surface area contributed by atoms with Crippen LogP contribution >= 0.6 is 0 Å². The number of hydrogen-bond acceptors (Lipinski definition) is 4. The topological polar surface area (TPSA) is 72.2 Å². The van der Waals surface area contributed by atoms with Crippen LogP contribution in [0.15, 0.2) is 35.1 Å². The highest BCUT2D eigenvalue weighted by Gasteiger charge is 2.27. The standard InChI is InChI=1S/C20H27N5O2/c26-19(21-17-9-3-1-4-10-17)16-8-7-12-23(14-16)15-25-20(27)24-13-6-2-5-11-18(24)22-25/h1,3-4,9-10,16H,2,5-8,11-15H2,(H,21,26). The largest absolute Gasteiger partial charge is 0.347 e.